The Hall–Kier alpha value is -4.62. The largest absolute Gasteiger partial charge is 0.504 e. The van der Waals surface area contributed by atoms with Crippen molar-refractivity contribution in [2.45, 2.75) is 31.6 Å². The van der Waals surface area contributed by atoms with Crippen LogP contribution in [0.1, 0.15) is 23.2 Å². The summed E-state index contributed by atoms with van der Waals surface area (Å²) in [5.74, 6) is -1.01. The van der Waals surface area contributed by atoms with E-state index in [2.05, 4.69) is 20.2 Å². The van der Waals surface area contributed by atoms with Crippen LogP contribution in [0.15, 0.2) is 41.7 Å². The van der Waals surface area contributed by atoms with Gasteiger partial charge in [-0.15, -0.1) is 0 Å². The van der Waals surface area contributed by atoms with Gasteiger partial charge in [-0.2, -0.15) is 0 Å². The van der Waals surface area contributed by atoms with Crippen LogP contribution in [0.5, 0.6) is 11.5 Å². The SMILES string of the molecule is COc1cc(-c2cn(CC(=O)Nc3cc(N4CC5CCC(C4)O5)ncc3Cl)c3ncn(C)c(=O)c23)cc(C(N)=O)c1O. The highest BCUT2D eigenvalue weighted by atomic mass is 35.5. The van der Waals surface area contributed by atoms with Crippen molar-refractivity contribution in [3.05, 3.63) is 57.9 Å². The lowest BCUT2D eigenvalue weighted by Gasteiger charge is -2.33. The van der Waals surface area contributed by atoms with E-state index in [4.69, 9.17) is 26.8 Å². The summed E-state index contributed by atoms with van der Waals surface area (Å²) in [4.78, 5) is 49.5. The van der Waals surface area contributed by atoms with Crippen LogP contribution in [0.2, 0.25) is 5.02 Å². The molecule has 1 aromatic carbocycles. The number of nitrogens with one attached hydrogen (secondary N) is 1. The highest BCUT2D eigenvalue weighted by Crippen LogP contribution is 2.38. The molecular weight excluding hydrogens is 566 g/mol. The summed E-state index contributed by atoms with van der Waals surface area (Å²) in [5.41, 5.74) is 6.31. The highest BCUT2D eigenvalue weighted by Gasteiger charge is 2.34. The third-order valence-corrected chi connectivity index (χ3v) is 7.91. The van der Waals surface area contributed by atoms with Gasteiger partial charge in [0.15, 0.2) is 11.5 Å². The highest BCUT2D eigenvalue weighted by molar-refractivity contribution is 6.33. The number of nitrogens with zero attached hydrogens (tertiary/aromatic N) is 5. The molecule has 0 spiro atoms. The van der Waals surface area contributed by atoms with Crippen LogP contribution >= 0.6 is 11.6 Å². The summed E-state index contributed by atoms with van der Waals surface area (Å²) >= 11 is 6.40. The fourth-order valence-electron chi connectivity index (χ4n) is 5.55. The van der Waals surface area contributed by atoms with E-state index in [0.717, 1.165) is 25.9 Å². The first-order chi connectivity index (χ1) is 20.1. The van der Waals surface area contributed by atoms with E-state index in [1.54, 1.807) is 19.3 Å². The van der Waals surface area contributed by atoms with Crippen molar-refractivity contribution >= 4 is 46.0 Å². The summed E-state index contributed by atoms with van der Waals surface area (Å²) in [6.45, 7) is 1.23. The summed E-state index contributed by atoms with van der Waals surface area (Å²) in [6.07, 6.45) is 6.82. The molecule has 2 aliphatic heterocycles. The molecule has 4 aromatic rings. The van der Waals surface area contributed by atoms with E-state index in [-0.39, 0.29) is 51.7 Å². The molecule has 6 rings (SSSR count). The minimum absolute atomic E-state index is 0.00272. The number of aromatic nitrogens is 4. The van der Waals surface area contributed by atoms with Gasteiger partial charge in [0, 0.05) is 38.0 Å². The predicted molar refractivity (Wildman–Crippen MR) is 155 cm³/mol. The quantitative estimate of drug-likeness (QED) is 0.291. The van der Waals surface area contributed by atoms with Crippen molar-refractivity contribution in [3.63, 3.8) is 0 Å². The fraction of sp³-hybridized carbons (Fsp3) is 0.321. The Labute approximate surface area is 244 Å². The number of phenols is 1. The van der Waals surface area contributed by atoms with Crippen LogP contribution in [0.25, 0.3) is 22.2 Å². The third kappa shape index (κ3) is 4.90. The average molecular weight is 594 g/mol. The van der Waals surface area contributed by atoms with Crippen LogP contribution in [-0.4, -0.2) is 68.4 Å². The lowest BCUT2D eigenvalue weighted by molar-refractivity contribution is -0.116. The number of benzene rings is 1. The van der Waals surface area contributed by atoms with E-state index < -0.39 is 17.6 Å². The summed E-state index contributed by atoms with van der Waals surface area (Å²) in [6, 6.07) is 4.58. The fourth-order valence-corrected chi connectivity index (χ4v) is 5.70. The lowest BCUT2D eigenvalue weighted by atomic mass is 10.0. The number of pyridine rings is 1. The first-order valence-electron chi connectivity index (χ1n) is 13.2. The second-order valence-corrected chi connectivity index (χ2v) is 10.8. The number of morpholine rings is 1. The van der Waals surface area contributed by atoms with Crippen molar-refractivity contribution in [3.8, 4) is 22.6 Å². The Bertz CT molecular complexity index is 1790. The number of halogens is 1. The van der Waals surface area contributed by atoms with Crippen LogP contribution in [0.4, 0.5) is 11.5 Å². The molecule has 5 heterocycles. The van der Waals surface area contributed by atoms with Crippen molar-refractivity contribution < 1.29 is 24.2 Å². The molecule has 2 aliphatic rings. The standard InChI is InChI=1S/C28H28ClN7O6/c1-34-13-32-27-24(28(34)40)18(14-5-17(26(30)39)25(38)21(6-14)41-2)11-36(27)12-23(37)33-20-7-22(31-8-19(20)29)35-9-15-3-4-16(10-35)42-15/h5-8,11,13,15-16,38H,3-4,9-10,12H2,1-2H3,(H2,30,39)(H,31,33,37). The number of methoxy groups -OCH3 is 1. The maximum absolute atomic E-state index is 13.3. The smallest absolute Gasteiger partial charge is 0.263 e. The number of primary amides is 1. The topological polar surface area (TPSA) is 167 Å². The number of hydrogen-bond donors (Lipinski definition) is 3. The Morgan fingerprint density at radius 3 is 2.64 bits per heavy atom. The number of amides is 2. The molecule has 2 atom stereocenters. The van der Waals surface area contributed by atoms with E-state index in [1.807, 2.05) is 0 Å². The molecule has 13 nitrogen and oxygen atoms in total. The molecular formula is C28H28ClN7O6. The van der Waals surface area contributed by atoms with Gasteiger partial charge in [0.25, 0.3) is 11.5 Å². The number of carbonyl (C=O) groups is 2. The number of nitrogens with two attached hydrogens (primary N) is 1. The summed E-state index contributed by atoms with van der Waals surface area (Å²) < 4.78 is 14.0. The van der Waals surface area contributed by atoms with Crippen LogP contribution in [0, 0.1) is 0 Å². The van der Waals surface area contributed by atoms with Gasteiger partial charge < -0.3 is 39.7 Å². The average Bonchev–Trinajstić information content (AvgIpc) is 3.50. The number of carbonyl (C=O) groups excluding carboxylic acids is 2. The van der Waals surface area contributed by atoms with E-state index in [0.29, 0.717) is 22.6 Å². The number of aromatic hydroxyl groups is 1. The molecule has 3 aromatic heterocycles. The molecule has 42 heavy (non-hydrogen) atoms. The third-order valence-electron chi connectivity index (χ3n) is 7.61. The van der Waals surface area contributed by atoms with E-state index in [1.165, 1.54) is 40.9 Å². The molecule has 0 radical (unpaired) electrons. The van der Waals surface area contributed by atoms with Crippen LogP contribution in [-0.2, 0) is 23.1 Å². The second-order valence-electron chi connectivity index (χ2n) is 10.4. The summed E-state index contributed by atoms with van der Waals surface area (Å²) in [7, 11) is 2.88. The van der Waals surface area contributed by atoms with Gasteiger partial charge in [-0.3, -0.25) is 14.4 Å². The van der Waals surface area contributed by atoms with Gasteiger partial charge in [-0.25, -0.2) is 9.97 Å². The molecule has 0 saturated carbocycles. The van der Waals surface area contributed by atoms with Gasteiger partial charge >= 0.3 is 0 Å². The Kier molecular flexibility index (Phi) is 6.99. The second kappa shape index (κ2) is 10.7. The summed E-state index contributed by atoms with van der Waals surface area (Å²) in [5, 5.41) is 13.7. The van der Waals surface area contributed by atoms with Gasteiger partial charge in [-0.1, -0.05) is 11.6 Å². The van der Waals surface area contributed by atoms with Crippen molar-refractivity contribution in [1.29, 1.82) is 0 Å². The van der Waals surface area contributed by atoms with Crippen LogP contribution in [0.3, 0.4) is 0 Å². The minimum atomic E-state index is -0.875. The normalized spacial score (nSPS) is 17.9. The van der Waals surface area contributed by atoms with Gasteiger partial charge in [0.2, 0.25) is 5.91 Å². The number of ether oxygens (including phenoxy) is 2. The van der Waals surface area contributed by atoms with Crippen molar-refractivity contribution in [2.75, 3.05) is 30.4 Å². The first-order valence-corrected chi connectivity index (χ1v) is 13.6. The Balaban J connectivity index is 1.33. The molecule has 2 bridgehead atoms. The van der Waals surface area contributed by atoms with Crippen molar-refractivity contribution in [1.82, 2.24) is 19.1 Å². The van der Waals surface area contributed by atoms with Gasteiger partial charge in [0.05, 0.1) is 53.5 Å². The molecule has 2 unspecified atom stereocenters. The van der Waals surface area contributed by atoms with E-state index in [9.17, 15) is 19.5 Å². The van der Waals surface area contributed by atoms with Crippen molar-refractivity contribution in [2.24, 2.45) is 12.8 Å². The predicted octanol–water partition coefficient (Wildman–Crippen LogP) is 2.27. The van der Waals surface area contributed by atoms with E-state index >= 15 is 0 Å². The zero-order valence-electron chi connectivity index (χ0n) is 22.8. The molecule has 4 N–H and O–H groups in total. The zero-order valence-corrected chi connectivity index (χ0v) is 23.6. The zero-order chi connectivity index (χ0) is 29.7. The first kappa shape index (κ1) is 27.5. The maximum Gasteiger partial charge on any atom is 0.263 e. The minimum Gasteiger partial charge on any atom is -0.504 e. The van der Waals surface area contributed by atoms with Gasteiger partial charge in [-0.05, 0) is 30.5 Å². The number of fused-ring (bicyclic) bond motifs is 3. The Morgan fingerprint density at radius 2 is 1.95 bits per heavy atom. The maximum atomic E-state index is 13.3. The number of rotatable bonds is 7. The van der Waals surface area contributed by atoms with Gasteiger partial charge in [0.1, 0.15) is 18.0 Å². The number of aryl methyl sites for hydroxylation is 1. The molecule has 14 heteroatoms. The number of anilines is 2. The molecule has 2 amide bonds. The number of hydrogen-bond acceptors (Lipinski definition) is 9. The monoisotopic (exact) mass is 593 g/mol. The molecule has 2 saturated heterocycles. The van der Waals surface area contributed by atoms with Crippen LogP contribution < -0.4 is 26.2 Å². The molecule has 2 fully saturated rings. The molecule has 0 aliphatic carbocycles. The molecule has 218 valence electrons. The lowest BCUT2D eigenvalue weighted by Crippen LogP contribution is -2.43. The Morgan fingerprint density at radius 1 is 1.21 bits per heavy atom.